The molecular weight excluding hydrogens is 198 g/mol. The van der Waals surface area contributed by atoms with Crippen LogP contribution < -0.4 is 5.32 Å². The van der Waals surface area contributed by atoms with Gasteiger partial charge in [0, 0.05) is 24.5 Å². The minimum absolute atomic E-state index is 0.852. The molecule has 1 N–H and O–H groups in total. The first-order valence-electron chi connectivity index (χ1n) is 6.62. The van der Waals surface area contributed by atoms with Gasteiger partial charge in [0.2, 0.25) is 0 Å². The van der Waals surface area contributed by atoms with Crippen molar-refractivity contribution >= 4 is 0 Å². The third kappa shape index (κ3) is 3.63. The molecule has 1 aliphatic carbocycles. The molecule has 2 rings (SSSR count). The third-order valence-electron chi connectivity index (χ3n) is 3.13. The molecule has 1 heterocycles. The summed E-state index contributed by atoms with van der Waals surface area (Å²) in [6, 6.07) is 0.852. The van der Waals surface area contributed by atoms with Crippen LogP contribution in [0.2, 0.25) is 0 Å². The smallest absolute Gasteiger partial charge is 0.0948 e. The number of hydrogen-bond acceptors (Lipinski definition) is 2. The fraction of sp³-hybridized carbons (Fsp3) is 0.769. The quantitative estimate of drug-likeness (QED) is 0.683. The normalized spacial score (nSPS) is 15.6. The largest absolute Gasteiger partial charge is 0.335 e. The topological polar surface area (TPSA) is 29.9 Å². The van der Waals surface area contributed by atoms with Crippen LogP contribution in [0, 0.1) is 0 Å². The summed E-state index contributed by atoms with van der Waals surface area (Å²) in [6.45, 7) is 4.51. The van der Waals surface area contributed by atoms with Gasteiger partial charge in [0.25, 0.3) is 0 Å². The lowest BCUT2D eigenvalue weighted by atomic mass is 10.2. The summed E-state index contributed by atoms with van der Waals surface area (Å²) < 4.78 is 2.29. The van der Waals surface area contributed by atoms with Crippen molar-refractivity contribution in [2.45, 2.75) is 58.0 Å². The number of nitrogens with one attached hydrogen (secondary N) is 1. The molecule has 1 fully saturated rings. The van der Waals surface area contributed by atoms with Gasteiger partial charge >= 0.3 is 0 Å². The van der Waals surface area contributed by atoms with Crippen LogP contribution in [0.4, 0.5) is 0 Å². The molecule has 0 aromatic carbocycles. The highest BCUT2D eigenvalue weighted by Crippen LogP contribution is 2.18. The highest BCUT2D eigenvalue weighted by molar-refractivity contribution is 4.98. The van der Waals surface area contributed by atoms with Crippen molar-refractivity contribution in [3.05, 3.63) is 18.2 Å². The summed E-state index contributed by atoms with van der Waals surface area (Å²) in [7, 11) is 0. The van der Waals surface area contributed by atoms with Crippen LogP contribution in [-0.4, -0.2) is 22.1 Å². The first kappa shape index (κ1) is 11.6. The Morgan fingerprint density at radius 1 is 1.44 bits per heavy atom. The summed E-state index contributed by atoms with van der Waals surface area (Å²) in [6.07, 6.45) is 11.7. The van der Waals surface area contributed by atoms with Crippen LogP contribution in [0.3, 0.4) is 0 Å². The van der Waals surface area contributed by atoms with Gasteiger partial charge in [0.15, 0.2) is 0 Å². The van der Waals surface area contributed by atoms with E-state index in [1.54, 1.807) is 0 Å². The van der Waals surface area contributed by atoms with E-state index in [2.05, 4.69) is 21.8 Å². The van der Waals surface area contributed by atoms with Crippen molar-refractivity contribution in [3.63, 3.8) is 0 Å². The molecule has 0 radical (unpaired) electrons. The molecule has 90 valence electrons. The summed E-state index contributed by atoms with van der Waals surface area (Å²) in [5, 5.41) is 3.55. The predicted molar refractivity (Wildman–Crippen MR) is 66.5 cm³/mol. The number of imidazole rings is 1. The van der Waals surface area contributed by atoms with E-state index >= 15 is 0 Å². The Morgan fingerprint density at radius 3 is 3.06 bits per heavy atom. The molecule has 0 aliphatic heterocycles. The number of unbranched alkanes of at least 4 members (excludes halogenated alkanes) is 1. The summed E-state index contributed by atoms with van der Waals surface area (Å²) in [5.74, 6) is 0. The van der Waals surface area contributed by atoms with E-state index in [4.69, 9.17) is 0 Å². The highest BCUT2D eigenvalue weighted by Gasteiger charge is 2.19. The molecule has 0 unspecified atom stereocenters. The predicted octanol–water partition coefficient (Wildman–Crippen LogP) is 2.37. The Kier molecular flexibility index (Phi) is 4.40. The van der Waals surface area contributed by atoms with E-state index in [1.807, 2.05) is 12.5 Å². The van der Waals surface area contributed by atoms with E-state index in [9.17, 15) is 0 Å². The fourth-order valence-electron chi connectivity index (χ4n) is 2.02. The SMILES string of the molecule is CCCn1cncc1CCCCNC1CC1. The monoisotopic (exact) mass is 221 g/mol. The van der Waals surface area contributed by atoms with Gasteiger partial charge in [0.05, 0.1) is 6.33 Å². The van der Waals surface area contributed by atoms with Crippen molar-refractivity contribution < 1.29 is 0 Å². The Labute approximate surface area is 98.3 Å². The van der Waals surface area contributed by atoms with Gasteiger partial charge in [-0.05, 0) is 45.1 Å². The second kappa shape index (κ2) is 6.04. The molecule has 1 aromatic heterocycles. The highest BCUT2D eigenvalue weighted by atomic mass is 15.0. The van der Waals surface area contributed by atoms with E-state index in [0.29, 0.717) is 0 Å². The molecule has 3 heteroatoms. The zero-order valence-corrected chi connectivity index (χ0v) is 10.3. The van der Waals surface area contributed by atoms with Crippen LogP contribution in [0.5, 0.6) is 0 Å². The van der Waals surface area contributed by atoms with Gasteiger partial charge < -0.3 is 9.88 Å². The average molecular weight is 221 g/mol. The molecule has 0 spiro atoms. The summed E-state index contributed by atoms with van der Waals surface area (Å²) in [4.78, 5) is 4.23. The van der Waals surface area contributed by atoms with Crippen LogP contribution in [0.25, 0.3) is 0 Å². The molecule has 0 bridgehead atoms. The number of rotatable bonds is 8. The zero-order valence-electron chi connectivity index (χ0n) is 10.3. The van der Waals surface area contributed by atoms with E-state index in [-0.39, 0.29) is 0 Å². The van der Waals surface area contributed by atoms with Crippen molar-refractivity contribution in [1.82, 2.24) is 14.9 Å². The number of hydrogen-bond donors (Lipinski definition) is 1. The average Bonchev–Trinajstić information content (AvgIpc) is 3.00. The first-order chi connectivity index (χ1) is 7.90. The Balaban J connectivity index is 1.61. The fourth-order valence-corrected chi connectivity index (χ4v) is 2.02. The van der Waals surface area contributed by atoms with Crippen LogP contribution in [0.15, 0.2) is 12.5 Å². The Bertz CT molecular complexity index is 302. The molecule has 16 heavy (non-hydrogen) atoms. The lowest BCUT2D eigenvalue weighted by molar-refractivity contribution is 0.593. The maximum Gasteiger partial charge on any atom is 0.0948 e. The molecule has 0 atom stereocenters. The Morgan fingerprint density at radius 2 is 2.31 bits per heavy atom. The zero-order chi connectivity index (χ0) is 11.2. The van der Waals surface area contributed by atoms with Gasteiger partial charge in [-0.15, -0.1) is 0 Å². The van der Waals surface area contributed by atoms with Gasteiger partial charge in [0.1, 0.15) is 0 Å². The van der Waals surface area contributed by atoms with Gasteiger partial charge in [-0.1, -0.05) is 6.92 Å². The summed E-state index contributed by atoms with van der Waals surface area (Å²) in [5.41, 5.74) is 1.40. The third-order valence-corrected chi connectivity index (χ3v) is 3.13. The minimum atomic E-state index is 0.852. The first-order valence-corrected chi connectivity index (χ1v) is 6.62. The molecular formula is C13H23N3. The lowest BCUT2D eigenvalue weighted by Crippen LogP contribution is -2.17. The standard InChI is InChI=1S/C13H23N3/c1-2-9-16-11-14-10-13(16)5-3-4-8-15-12-6-7-12/h10-12,15H,2-9H2,1H3. The van der Waals surface area contributed by atoms with Crippen LogP contribution >= 0.6 is 0 Å². The van der Waals surface area contributed by atoms with Crippen molar-refractivity contribution in [3.8, 4) is 0 Å². The van der Waals surface area contributed by atoms with Crippen molar-refractivity contribution in [1.29, 1.82) is 0 Å². The van der Waals surface area contributed by atoms with E-state index < -0.39 is 0 Å². The van der Waals surface area contributed by atoms with E-state index in [0.717, 1.165) is 12.6 Å². The number of aryl methyl sites for hydroxylation is 2. The minimum Gasteiger partial charge on any atom is -0.335 e. The molecule has 1 aromatic rings. The van der Waals surface area contributed by atoms with Crippen LogP contribution in [0.1, 0.15) is 44.7 Å². The molecule has 1 aliphatic rings. The molecule has 3 nitrogen and oxygen atoms in total. The number of aromatic nitrogens is 2. The molecule has 0 amide bonds. The number of nitrogens with zero attached hydrogens (tertiary/aromatic N) is 2. The van der Waals surface area contributed by atoms with Gasteiger partial charge in [-0.3, -0.25) is 0 Å². The van der Waals surface area contributed by atoms with Gasteiger partial charge in [-0.2, -0.15) is 0 Å². The van der Waals surface area contributed by atoms with Crippen LogP contribution in [-0.2, 0) is 13.0 Å². The van der Waals surface area contributed by atoms with Crippen molar-refractivity contribution in [2.75, 3.05) is 6.54 Å². The second-order valence-electron chi connectivity index (χ2n) is 4.76. The molecule has 0 saturated heterocycles. The molecule has 1 saturated carbocycles. The maximum absolute atomic E-state index is 4.23. The van der Waals surface area contributed by atoms with E-state index in [1.165, 1.54) is 50.8 Å². The lowest BCUT2D eigenvalue weighted by Gasteiger charge is -2.06. The second-order valence-corrected chi connectivity index (χ2v) is 4.76. The van der Waals surface area contributed by atoms with Crippen molar-refractivity contribution in [2.24, 2.45) is 0 Å². The maximum atomic E-state index is 4.23. The Hall–Kier alpha value is -0.830. The van der Waals surface area contributed by atoms with Gasteiger partial charge in [-0.25, -0.2) is 4.98 Å². The summed E-state index contributed by atoms with van der Waals surface area (Å²) >= 11 is 0.